The average molecular weight is 424 g/mol. The van der Waals surface area contributed by atoms with Crippen molar-refractivity contribution < 1.29 is 19.2 Å². The summed E-state index contributed by atoms with van der Waals surface area (Å²) in [5.74, 6) is -3.89. The second-order valence-electron chi connectivity index (χ2n) is 7.58. The molecule has 0 bridgehead atoms. The first-order valence-electron chi connectivity index (χ1n) is 9.62. The van der Waals surface area contributed by atoms with Crippen molar-refractivity contribution in [2.75, 3.05) is 0 Å². The van der Waals surface area contributed by atoms with Gasteiger partial charge < -0.3 is 22.9 Å². The second kappa shape index (κ2) is 6.39. The molecule has 0 saturated heterocycles. The molecule has 8 N–H and O–H groups in total. The minimum absolute atomic E-state index is 0.0242. The van der Waals surface area contributed by atoms with Crippen molar-refractivity contribution in [2.45, 2.75) is 0 Å². The Morgan fingerprint density at radius 1 is 0.469 bits per heavy atom. The van der Waals surface area contributed by atoms with E-state index in [2.05, 4.69) is 0 Å². The van der Waals surface area contributed by atoms with E-state index in [9.17, 15) is 19.2 Å². The van der Waals surface area contributed by atoms with Gasteiger partial charge in [-0.2, -0.15) is 0 Å². The van der Waals surface area contributed by atoms with Gasteiger partial charge in [-0.15, -0.1) is 0 Å². The van der Waals surface area contributed by atoms with E-state index < -0.39 is 29.2 Å². The fraction of sp³-hybridized carbons (Fsp3) is 0. The lowest BCUT2D eigenvalue weighted by Gasteiger charge is -2.21. The van der Waals surface area contributed by atoms with Crippen molar-refractivity contribution in [1.82, 2.24) is 0 Å². The molecular weight excluding hydrogens is 408 g/mol. The van der Waals surface area contributed by atoms with Gasteiger partial charge in [-0.25, -0.2) is 0 Å². The molecule has 8 nitrogen and oxygen atoms in total. The van der Waals surface area contributed by atoms with Gasteiger partial charge in [0.1, 0.15) is 0 Å². The largest absolute Gasteiger partial charge is 0.366 e. The molecule has 0 aliphatic heterocycles. The standard InChI is InChI=1S/C24H16N4O4/c25-21(29)13-8-7-11-10-5-1-3-9-4-2-6-12(14(9)10)16-15(11)17(13)19(23(27)31)20(24(28)32)18(16)22(26)30/h1-8H,(H2,25,29)(H2,26,30)(H2,27,31)(H2,28,32). The summed E-state index contributed by atoms with van der Waals surface area (Å²) in [4.78, 5) is 50.1. The van der Waals surface area contributed by atoms with Crippen molar-refractivity contribution >= 4 is 66.7 Å². The fourth-order valence-corrected chi connectivity index (χ4v) is 4.83. The van der Waals surface area contributed by atoms with Crippen LogP contribution in [0.5, 0.6) is 0 Å². The number of rotatable bonds is 4. The number of primary amides is 4. The van der Waals surface area contributed by atoms with E-state index in [0.717, 1.165) is 16.2 Å². The molecular formula is C24H16N4O4. The molecule has 0 saturated carbocycles. The summed E-state index contributed by atoms with van der Waals surface area (Å²) in [5, 5.41) is 4.59. The average Bonchev–Trinajstić information content (AvgIpc) is 2.75. The molecule has 0 unspecified atom stereocenters. The van der Waals surface area contributed by atoms with Gasteiger partial charge in [0.25, 0.3) is 0 Å². The predicted molar refractivity (Wildman–Crippen MR) is 122 cm³/mol. The van der Waals surface area contributed by atoms with Crippen LogP contribution in [0.1, 0.15) is 41.4 Å². The maximum absolute atomic E-state index is 12.7. The molecule has 0 fully saturated rings. The molecule has 0 aliphatic carbocycles. The van der Waals surface area contributed by atoms with Crippen LogP contribution in [0.2, 0.25) is 0 Å². The Hall–Kier alpha value is -4.72. The van der Waals surface area contributed by atoms with Gasteiger partial charge in [-0.3, -0.25) is 19.2 Å². The van der Waals surface area contributed by atoms with Crippen LogP contribution < -0.4 is 22.9 Å². The van der Waals surface area contributed by atoms with Crippen LogP contribution in [0.3, 0.4) is 0 Å². The Bertz CT molecular complexity index is 1680. The summed E-state index contributed by atoms with van der Waals surface area (Å²) in [6.45, 7) is 0. The van der Waals surface area contributed by atoms with E-state index in [1.807, 2.05) is 24.3 Å². The van der Waals surface area contributed by atoms with E-state index in [1.54, 1.807) is 18.2 Å². The number of benzene rings is 5. The van der Waals surface area contributed by atoms with Gasteiger partial charge in [0.2, 0.25) is 23.6 Å². The lowest BCUT2D eigenvalue weighted by molar-refractivity contribution is 0.0956. The van der Waals surface area contributed by atoms with Gasteiger partial charge in [0.05, 0.1) is 16.7 Å². The van der Waals surface area contributed by atoms with Crippen molar-refractivity contribution in [3.63, 3.8) is 0 Å². The Balaban J connectivity index is 2.33. The normalized spacial score (nSPS) is 11.5. The minimum Gasteiger partial charge on any atom is -0.366 e. The first kappa shape index (κ1) is 19.3. The third kappa shape index (κ3) is 2.31. The van der Waals surface area contributed by atoms with Gasteiger partial charge in [-0.05, 0) is 38.4 Å². The Morgan fingerprint density at radius 2 is 1.00 bits per heavy atom. The highest BCUT2D eigenvalue weighted by Gasteiger charge is 2.31. The topological polar surface area (TPSA) is 172 Å². The monoisotopic (exact) mass is 424 g/mol. The van der Waals surface area contributed by atoms with E-state index >= 15 is 0 Å². The van der Waals surface area contributed by atoms with Gasteiger partial charge in [0, 0.05) is 16.3 Å². The van der Waals surface area contributed by atoms with E-state index in [0.29, 0.717) is 21.5 Å². The van der Waals surface area contributed by atoms with Crippen molar-refractivity contribution in [3.8, 4) is 0 Å². The smallest absolute Gasteiger partial charge is 0.250 e. The molecule has 32 heavy (non-hydrogen) atoms. The van der Waals surface area contributed by atoms with Crippen molar-refractivity contribution in [1.29, 1.82) is 0 Å². The molecule has 0 aromatic heterocycles. The molecule has 5 rings (SSSR count). The lowest BCUT2D eigenvalue weighted by atomic mass is 9.81. The number of carbonyl (C=O) groups excluding carboxylic acids is 4. The number of carbonyl (C=O) groups is 4. The van der Waals surface area contributed by atoms with Crippen molar-refractivity contribution in [2.24, 2.45) is 22.9 Å². The Kier molecular flexibility index (Phi) is 3.84. The number of fused-ring (bicyclic) bond motifs is 2. The number of hydrogen-bond acceptors (Lipinski definition) is 4. The summed E-state index contributed by atoms with van der Waals surface area (Å²) in [6.07, 6.45) is 0. The number of hydrogen-bond donors (Lipinski definition) is 4. The zero-order valence-electron chi connectivity index (χ0n) is 16.6. The summed E-state index contributed by atoms with van der Waals surface area (Å²) >= 11 is 0. The van der Waals surface area contributed by atoms with Crippen LogP contribution in [-0.4, -0.2) is 23.6 Å². The molecule has 0 heterocycles. The molecule has 5 aromatic rings. The van der Waals surface area contributed by atoms with E-state index in [4.69, 9.17) is 22.9 Å². The Morgan fingerprint density at radius 3 is 1.56 bits per heavy atom. The van der Waals surface area contributed by atoms with Gasteiger partial charge in [-0.1, -0.05) is 42.5 Å². The van der Waals surface area contributed by atoms with E-state index in [1.165, 1.54) is 6.07 Å². The third-order valence-corrected chi connectivity index (χ3v) is 5.92. The highest BCUT2D eigenvalue weighted by atomic mass is 16.2. The fourth-order valence-electron chi connectivity index (χ4n) is 4.83. The zero-order chi connectivity index (χ0) is 22.9. The molecule has 0 spiro atoms. The summed E-state index contributed by atoms with van der Waals surface area (Å²) in [6, 6.07) is 14.3. The summed E-state index contributed by atoms with van der Waals surface area (Å²) in [7, 11) is 0. The van der Waals surface area contributed by atoms with Crippen molar-refractivity contribution in [3.05, 3.63) is 70.8 Å². The van der Waals surface area contributed by atoms with Gasteiger partial charge in [0.15, 0.2) is 0 Å². The number of nitrogens with two attached hydrogens (primary N) is 4. The van der Waals surface area contributed by atoms with Crippen LogP contribution in [0.15, 0.2) is 48.5 Å². The quantitative estimate of drug-likeness (QED) is 0.256. The highest BCUT2D eigenvalue weighted by Crippen LogP contribution is 2.45. The molecule has 0 radical (unpaired) electrons. The third-order valence-electron chi connectivity index (χ3n) is 5.92. The summed E-state index contributed by atoms with van der Waals surface area (Å²) < 4.78 is 0. The van der Waals surface area contributed by atoms with E-state index in [-0.39, 0.29) is 22.1 Å². The highest BCUT2D eigenvalue weighted by molar-refractivity contribution is 6.41. The Labute approximate surface area is 180 Å². The summed E-state index contributed by atoms with van der Waals surface area (Å²) in [5.41, 5.74) is 21.5. The SMILES string of the molecule is NC(=O)c1c(C(N)=O)c2c(C(N)=O)ccc3c4cccc5cccc(c(c1C(N)=O)c23)c54. The minimum atomic E-state index is -1.07. The second-order valence-corrected chi connectivity index (χ2v) is 7.58. The molecule has 156 valence electrons. The molecule has 4 amide bonds. The van der Waals surface area contributed by atoms with Gasteiger partial charge >= 0.3 is 0 Å². The van der Waals surface area contributed by atoms with Crippen LogP contribution in [0, 0.1) is 0 Å². The van der Waals surface area contributed by atoms with Crippen LogP contribution >= 0.6 is 0 Å². The molecule has 0 aliphatic rings. The lowest BCUT2D eigenvalue weighted by Crippen LogP contribution is -2.28. The molecule has 5 aromatic carbocycles. The van der Waals surface area contributed by atoms with Crippen LogP contribution in [0.25, 0.3) is 43.1 Å². The first-order chi connectivity index (χ1) is 15.2. The predicted octanol–water partition coefficient (Wildman–Crippen LogP) is 2.13. The van der Waals surface area contributed by atoms with Crippen LogP contribution in [-0.2, 0) is 0 Å². The molecule has 0 atom stereocenters. The molecule has 8 heteroatoms. The van der Waals surface area contributed by atoms with Crippen LogP contribution in [0.4, 0.5) is 0 Å². The maximum atomic E-state index is 12.7. The zero-order valence-corrected chi connectivity index (χ0v) is 16.6. The maximum Gasteiger partial charge on any atom is 0.250 e. The first-order valence-corrected chi connectivity index (χ1v) is 9.62. The number of amides is 4.